The molecular weight excluding hydrogens is 452 g/mol. The van der Waals surface area contributed by atoms with E-state index < -0.39 is 23.1 Å². The molecule has 204 valence electrons. The molecule has 8 heteroatoms. The summed E-state index contributed by atoms with van der Waals surface area (Å²) in [5.74, 6) is -2.36. The summed E-state index contributed by atoms with van der Waals surface area (Å²) in [7, 11) is 0. The average molecular weight is 501 g/mol. The lowest BCUT2D eigenvalue weighted by atomic mass is 9.93. The first-order chi connectivity index (χ1) is 16.2. The molecule has 4 heterocycles. The number of rotatable bonds is 6. The predicted molar refractivity (Wildman–Crippen MR) is 130 cm³/mol. The SMILES string of the molecule is CC1(C)OCC[C@H](C[C@@H]2C[C@@H](C[C@H]3C[C@H](C[C@H]4CCOC(C)(C)O4)OC(C)(C)O3)OC(C)(C)O2)O1. The van der Waals surface area contributed by atoms with Crippen molar-refractivity contribution in [1.29, 1.82) is 0 Å². The Labute approximate surface area is 211 Å². The second kappa shape index (κ2) is 10.4. The predicted octanol–water partition coefficient (Wildman–Crippen LogP) is 5.06. The van der Waals surface area contributed by atoms with Gasteiger partial charge in [0.25, 0.3) is 0 Å². The van der Waals surface area contributed by atoms with Gasteiger partial charge >= 0.3 is 0 Å². The van der Waals surface area contributed by atoms with E-state index in [1.165, 1.54) is 0 Å². The van der Waals surface area contributed by atoms with Crippen LogP contribution in [-0.4, -0.2) is 73.0 Å². The van der Waals surface area contributed by atoms with E-state index in [-0.39, 0.29) is 36.6 Å². The van der Waals surface area contributed by atoms with Gasteiger partial charge in [0, 0.05) is 32.1 Å². The highest BCUT2D eigenvalue weighted by Gasteiger charge is 2.43. The van der Waals surface area contributed by atoms with Crippen molar-refractivity contribution in [1.82, 2.24) is 0 Å². The smallest absolute Gasteiger partial charge is 0.163 e. The summed E-state index contributed by atoms with van der Waals surface area (Å²) in [6.45, 7) is 17.3. The average Bonchev–Trinajstić information content (AvgIpc) is 2.63. The normalized spacial score (nSPS) is 40.8. The number of ether oxygens (including phenoxy) is 8. The molecule has 0 amide bonds. The lowest BCUT2D eigenvalue weighted by Crippen LogP contribution is -2.51. The number of hydrogen-bond donors (Lipinski definition) is 0. The first kappa shape index (κ1) is 27.7. The minimum Gasteiger partial charge on any atom is -0.350 e. The zero-order chi connectivity index (χ0) is 25.5. The molecule has 0 spiro atoms. The van der Waals surface area contributed by atoms with Crippen LogP contribution >= 0.6 is 0 Å². The van der Waals surface area contributed by atoms with Gasteiger partial charge in [-0.3, -0.25) is 0 Å². The van der Waals surface area contributed by atoms with Gasteiger partial charge in [-0.05, 0) is 68.2 Å². The minimum atomic E-state index is -0.643. The van der Waals surface area contributed by atoms with Crippen molar-refractivity contribution in [3.63, 3.8) is 0 Å². The molecule has 0 aromatic heterocycles. The topological polar surface area (TPSA) is 73.8 Å². The van der Waals surface area contributed by atoms with Crippen LogP contribution in [0.1, 0.15) is 100 Å². The largest absolute Gasteiger partial charge is 0.350 e. The summed E-state index contributed by atoms with van der Waals surface area (Å²) < 4.78 is 49.1. The van der Waals surface area contributed by atoms with Crippen molar-refractivity contribution in [3.8, 4) is 0 Å². The molecule has 0 unspecified atom stereocenters. The van der Waals surface area contributed by atoms with Crippen LogP contribution in [0.2, 0.25) is 0 Å². The standard InChI is InChI=1S/C27H48O8/c1-24(2)28-11-9-18(30-24)13-20-15-22(34-26(5,6)32-20)17-23-16-21(33-27(7,8)35-23)14-19-10-12-29-25(3,4)31-19/h18-23H,9-17H2,1-8H3/t18-,19-,20-,21+,22+,23-/m1/s1. The minimum absolute atomic E-state index is 0.0504. The van der Waals surface area contributed by atoms with E-state index in [1.807, 2.05) is 55.4 Å². The van der Waals surface area contributed by atoms with Crippen LogP contribution in [0.25, 0.3) is 0 Å². The zero-order valence-corrected chi connectivity index (χ0v) is 23.1. The Hall–Kier alpha value is -0.320. The molecule has 0 bridgehead atoms. The second-order valence-corrected chi connectivity index (χ2v) is 12.5. The van der Waals surface area contributed by atoms with Gasteiger partial charge in [-0.15, -0.1) is 0 Å². The molecule has 0 N–H and O–H groups in total. The van der Waals surface area contributed by atoms with Gasteiger partial charge in [-0.1, -0.05) is 0 Å². The third kappa shape index (κ3) is 8.34. The molecule has 35 heavy (non-hydrogen) atoms. The van der Waals surface area contributed by atoms with E-state index in [0.29, 0.717) is 13.2 Å². The highest BCUT2D eigenvalue weighted by Crippen LogP contribution is 2.38. The van der Waals surface area contributed by atoms with Crippen LogP contribution < -0.4 is 0 Å². The maximum absolute atomic E-state index is 6.37. The van der Waals surface area contributed by atoms with Gasteiger partial charge in [0.1, 0.15) is 0 Å². The summed E-state index contributed by atoms with van der Waals surface area (Å²) in [6, 6.07) is 0. The summed E-state index contributed by atoms with van der Waals surface area (Å²) in [6.07, 6.45) is 6.43. The Morgan fingerprint density at radius 2 is 0.714 bits per heavy atom. The van der Waals surface area contributed by atoms with Gasteiger partial charge in [0.05, 0.1) is 49.8 Å². The van der Waals surface area contributed by atoms with Crippen LogP contribution in [0.15, 0.2) is 0 Å². The molecule has 4 aliphatic rings. The van der Waals surface area contributed by atoms with Crippen LogP contribution in [0, 0.1) is 0 Å². The van der Waals surface area contributed by atoms with E-state index >= 15 is 0 Å². The molecule has 4 aliphatic heterocycles. The Kier molecular flexibility index (Phi) is 8.27. The lowest BCUT2D eigenvalue weighted by Gasteiger charge is -2.46. The summed E-state index contributed by atoms with van der Waals surface area (Å²) in [5, 5.41) is 0. The monoisotopic (exact) mass is 500 g/mol. The number of hydrogen-bond acceptors (Lipinski definition) is 8. The maximum Gasteiger partial charge on any atom is 0.163 e. The van der Waals surface area contributed by atoms with Crippen molar-refractivity contribution in [3.05, 3.63) is 0 Å². The van der Waals surface area contributed by atoms with Crippen molar-refractivity contribution < 1.29 is 37.9 Å². The van der Waals surface area contributed by atoms with E-state index in [2.05, 4.69) is 0 Å². The van der Waals surface area contributed by atoms with Gasteiger partial charge in [-0.2, -0.15) is 0 Å². The fourth-order valence-electron chi connectivity index (χ4n) is 6.09. The Morgan fingerprint density at radius 1 is 0.429 bits per heavy atom. The molecule has 0 aliphatic carbocycles. The van der Waals surface area contributed by atoms with Crippen LogP contribution in [0.5, 0.6) is 0 Å². The fourth-order valence-corrected chi connectivity index (χ4v) is 6.09. The summed E-state index contributed by atoms with van der Waals surface area (Å²) in [4.78, 5) is 0. The molecule has 4 saturated heterocycles. The molecule has 0 radical (unpaired) electrons. The summed E-state index contributed by atoms with van der Waals surface area (Å²) in [5.41, 5.74) is 0. The third-order valence-corrected chi connectivity index (χ3v) is 7.11. The van der Waals surface area contributed by atoms with Crippen LogP contribution in [0.4, 0.5) is 0 Å². The van der Waals surface area contributed by atoms with Crippen molar-refractivity contribution in [2.24, 2.45) is 0 Å². The van der Waals surface area contributed by atoms with Gasteiger partial charge in [0.2, 0.25) is 0 Å². The van der Waals surface area contributed by atoms with E-state index in [1.54, 1.807) is 0 Å². The zero-order valence-electron chi connectivity index (χ0n) is 23.1. The Morgan fingerprint density at radius 3 is 1.03 bits per heavy atom. The summed E-state index contributed by atoms with van der Waals surface area (Å²) >= 11 is 0. The molecular formula is C27H48O8. The van der Waals surface area contributed by atoms with Crippen molar-refractivity contribution in [2.75, 3.05) is 13.2 Å². The Balaban J connectivity index is 1.34. The maximum atomic E-state index is 6.37. The second-order valence-electron chi connectivity index (χ2n) is 12.5. The van der Waals surface area contributed by atoms with Crippen molar-refractivity contribution in [2.45, 2.75) is 160 Å². The van der Waals surface area contributed by atoms with Gasteiger partial charge in [0.15, 0.2) is 23.1 Å². The molecule has 4 fully saturated rings. The van der Waals surface area contributed by atoms with E-state index in [9.17, 15) is 0 Å². The van der Waals surface area contributed by atoms with Gasteiger partial charge < -0.3 is 37.9 Å². The van der Waals surface area contributed by atoms with Crippen molar-refractivity contribution >= 4 is 0 Å². The molecule has 0 aromatic carbocycles. The third-order valence-electron chi connectivity index (χ3n) is 7.11. The molecule has 8 nitrogen and oxygen atoms in total. The van der Waals surface area contributed by atoms with Crippen LogP contribution in [-0.2, 0) is 37.9 Å². The first-order valence-corrected chi connectivity index (χ1v) is 13.5. The van der Waals surface area contributed by atoms with E-state index in [0.717, 1.165) is 44.9 Å². The highest BCUT2D eigenvalue weighted by atomic mass is 16.7. The Bertz CT molecular complexity index is 647. The molecule has 0 aromatic rings. The first-order valence-electron chi connectivity index (χ1n) is 13.5. The highest BCUT2D eigenvalue weighted by molar-refractivity contribution is 4.86. The fraction of sp³-hybridized carbons (Fsp3) is 1.00. The quantitative estimate of drug-likeness (QED) is 0.501. The molecule has 0 saturated carbocycles. The molecule has 4 rings (SSSR count). The van der Waals surface area contributed by atoms with Gasteiger partial charge in [-0.25, -0.2) is 0 Å². The van der Waals surface area contributed by atoms with E-state index in [4.69, 9.17) is 37.9 Å². The lowest BCUT2D eigenvalue weighted by molar-refractivity contribution is -0.334. The molecule has 6 atom stereocenters. The van der Waals surface area contributed by atoms with Crippen LogP contribution in [0.3, 0.4) is 0 Å².